The van der Waals surface area contributed by atoms with E-state index in [-0.39, 0.29) is 5.97 Å². The van der Waals surface area contributed by atoms with Crippen molar-refractivity contribution in [2.75, 3.05) is 5.75 Å². The van der Waals surface area contributed by atoms with E-state index >= 15 is 0 Å². The quantitative estimate of drug-likeness (QED) is 0.764. The number of hydrogen-bond donors (Lipinski definition) is 0. The third-order valence-electron chi connectivity index (χ3n) is 2.25. The molecule has 0 amide bonds. The Morgan fingerprint density at radius 1 is 1.50 bits per heavy atom. The number of hydrogen-bond acceptors (Lipinski definition) is 4. The highest BCUT2D eigenvalue weighted by Gasteiger charge is 2.16. The lowest BCUT2D eigenvalue weighted by atomic mass is 10.2. The second-order valence-electron chi connectivity index (χ2n) is 5.14. The molecule has 0 aliphatic carbocycles. The number of aromatic nitrogens is 1. The van der Waals surface area contributed by atoms with Gasteiger partial charge in [0.25, 0.3) is 0 Å². The highest BCUT2D eigenvalue weighted by atomic mass is 32.2. The minimum absolute atomic E-state index is 0.131. The molecule has 100 valence electrons. The molecule has 0 unspecified atom stereocenters. The number of carbonyl (C=O) groups is 1. The zero-order chi connectivity index (χ0) is 13.6. The van der Waals surface area contributed by atoms with Gasteiger partial charge in [0.05, 0.1) is 6.42 Å². The fourth-order valence-corrected chi connectivity index (χ4v) is 2.39. The van der Waals surface area contributed by atoms with Crippen LogP contribution in [0, 0.1) is 0 Å². The first-order valence-corrected chi connectivity index (χ1v) is 7.17. The Balaban J connectivity index is 2.28. The molecule has 1 aromatic rings. The van der Waals surface area contributed by atoms with Gasteiger partial charge >= 0.3 is 5.97 Å². The summed E-state index contributed by atoms with van der Waals surface area (Å²) in [6, 6.07) is 3.98. The molecule has 1 rings (SSSR count). The van der Waals surface area contributed by atoms with Gasteiger partial charge in [-0.3, -0.25) is 9.78 Å². The van der Waals surface area contributed by atoms with Crippen LogP contribution >= 0.6 is 11.8 Å². The summed E-state index contributed by atoms with van der Waals surface area (Å²) in [7, 11) is 0. The Kier molecular flexibility index (Phi) is 5.66. The predicted molar refractivity (Wildman–Crippen MR) is 75.6 cm³/mol. The largest absolute Gasteiger partial charge is 0.460 e. The second kappa shape index (κ2) is 6.78. The minimum atomic E-state index is -0.392. The van der Waals surface area contributed by atoms with E-state index in [4.69, 9.17) is 4.74 Å². The molecular weight excluding hydrogens is 246 g/mol. The van der Waals surface area contributed by atoms with Gasteiger partial charge in [-0.05, 0) is 39.3 Å². The fraction of sp³-hybridized carbons (Fsp3) is 0.571. The smallest absolute Gasteiger partial charge is 0.307 e. The molecule has 0 bridgehead atoms. The first kappa shape index (κ1) is 15.0. The Bertz CT molecular complexity index is 373. The molecule has 4 heteroatoms. The molecule has 1 heterocycles. The Morgan fingerprint density at radius 2 is 2.22 bits per heavy atom. The summed E-state index contributed by atoms with van der Waals surface area (Å²) in [5.41, 5.74) is 0.795. The molecule has 3 nitrogen and oxygen atoms in total. The zero-order valence-electron chi connectivity index (χ0n) is 11.5. The van der Waals surface area contributed by atoms with Crippen molar-refractivity contribution in [3.05, 3.63) is 30.1 Å². The normalized spacial score (nSPS) is 13.1. The van der Waals surface area contributed by atoms with Crippen molar-refractivity contribution in [2.45, 2.75) is 45.0 Å². The molecule has 0 saturated carbocycles. The molecule has 0 aliphatic rings. The van der Waals surface area contributed by atoms with E-state index in [0.29, 0.717) is 11.7 Å². The van der Waals surface area contributed by atoms with Crippen LogP contribution in [0.1, 0.15) is 44.9 Å². The van der Waals surface area contributed by atoms with Crippen molar-refractivity contribution in [1.29, 1.82) is 0 Å². The molecule has 0 aromatic carbocycles. The van der Waals surface area contributed by atoms with Crippen LogP contribution < -0.4 is 0 Å². The summed E-state index contributed by atoms with van der Waals surface area (Å²) in [5.74, 6) is 0.638. The lowest BCUT2D eigenvalue weighted by Gasteiger charge is -2.19. The molecular formula is C14H21NO2S. The molecule has 0 aliphatic heterocycles. The van der Waals surface area contributed by atoms with E-state index in [9.17, 15) is 4.79 Å². The fourth-order valence-electron chi connectivity index (χ4n) is 1.42. The molecule has 0 radical (unpaired) electrons. The average molecular weight is 267 g/mol. The summed E-state index contributed by atoms with van der Waals surface area (Å²) in [6.45, 7) is 7.78. The highest BCUT2D eigenvalue weighted by Crippen LogP contribution is 2.27. The van der Waals surface area contributed by atoms with Crippen LogP contribution in [-0.4, -0.2) is 22.3 Å². The lowest BCUT2D eigenvalue weighted by molar-refractivity contribution is -0.154. The maximum Gasteiger partial charge on any atom is 0.307 e. The number of carbonyl (C=O) groups excluding carboxylic acids is 1. The topological polar surface area (TPSA) is 39.2 Å². The van der Waals surface area contributed by atoms with Gasteiger partial charge in [-0.25, -0.2) is 0 Å². The number of esters is 1. The van der Waals surface area contributed by atoms with Crippen LogP contribution in [0.15, 0.2) is 24.5 Å². The summed E-state index contributed by atoms with van der Waals surface area (Å²) >= 11 is 1.74. The van der Waals surface area contributed by atoms with Gasteiger partial charge in [-0.15, -0.1) is 0 Å². The Morgan fingerprint density at radius 3 is 2.78 bits per heavy atom. The lowest BCUT2D eigenvalue weighted by Crippen LogP contribution is -2.24. The van der Waals surface area contributed by atoms with Gasteiger partial charge in [0.1, 0.15) is 5.60 Å². The van der Waals surface area contributed by atoms with Crippen molar-refractivity contribution in [2.24, 2.45) is 0 Å². The maximum atomic E-state index is 11.5. The van der Waals surface area contributed by atoms with Crippen LogP contribution in [0.4, 0.5) is 0 Å². The maximum absolute atomic E-state index is 11.5. The van der Waals surface area contributed by atoms with Crippen LogP contribution in [0.3, 0.4) is 0 Å². The minimum Gasteiger partial charge on any atom is -0.460 e. The van der Waals surface area contributed by atoms with Gasteiger partial charge in [-0.1, -0.05) is 6.07 Å². The average Bonchev–Trinajstić information content (AvgIpc) is 2.27. The Labute approximate surface area is 113 Å². The van der Waals surface area contributed by atoms with Gasteiger partial charge in [0.15, 0.2) is 0 Å². The Hall–Kier alpha value is -1.03. The monoisotopic (exact) mass is 267 g/mol. The molecule has 0 N–H and O–H groups in total. The predicted octanol–water partition coefficient (Wildman–Crippen LogP) is 3.61. The molecule has 0 saturated heterocycles. The van der Waals surface area contributed by atoms with Crippen molar-refractivity contribution < 1.29 is 9.53 Å². The highest BCUT2D eigenvalue weighted by molar-refractivity contribution is 7.99. The number of nitrogens with zero attached hydrogens (tertiary/aromatic N) is 1. The van der Waals surface area contributed by atoms with E-state index < -0.39 is 5.60 Å². The van der Waals surface area contributed by atoms with E-state index in [2.05, 4.69) is 18.0 Å². The van der Waals surface area contributed by atoms with Crippen LogP contribution in [0.25, 0.3) is 0 Å². The summed E-state index contributed by atoms with van der Waals surface area (Å²) < 4.78 is 5.26. The number of ether oxygens (including phenoxy) is 1. The number of rotatable bonds is 5. The van der Waals surface area contributed by atoms with Gasteiger partial charge in [0, 0.05) is 23.4 Å². The van der Waals surface area contributed by atoms with Gasteiger partial charge < -0.3 is 4.74 Å². The third-order valence-corrected chi connectivity index (χ3v) is 3.46. The molecule has 1 atom stereocenters. The number of thioether (sulfide) groups is 1. The van der Waals surface area contributed by atoms with Crippen LogP contribution in [0.5, 0.6) is 0 Å². The SMILES string of the molecule is C[C@@H](SCCC(=O)OC(C)(C)C)c1cccnc1. The van der Waals surface area contributed by atoms with Crippen molar-refractivity contribution in [3.8, 4) is 0 Å². The summed E-state index contributed by atoms with van der Waals surface area (Å²) in [4.78, 5) is 15.6. The summed E-state index contributed by atoms with van der Waals surface area (Å²) in [5, 5.41) is 0.348. The second-order valence-corrected chi connectivity index (χ2v) is 6.58. The van der Waals surface area contributed by atoms with E-state index in [1.54, 1.807) is 18.0 Å². The summed E-state index contributed by atoms with van der Waals surface area (Å²) in [6.07, 6.45) is 4.08. The molecule has 0 spiro atoms. The zero-order valence-corrected chi connectivity index (χ0v) is 12.3. The van der Waals surface area contributed by atoms with E-state index in [1.807, 2.05) is 33.0 Å². The first-order chi connectivity index (χ1) is 8.38. The number of pyridine rings is 1. The first-order valence-electron chi connectivity index (χ1n) is 6.12. The molecule has 1 aromatic heterocycles. The molecule has 0 fully saturated rings. The van der Waals surface area contributed by atoms with Crippen molar-refractivity contribution in [3.63, 3.8) is 0 Å². The van der Waals surface area contributed by atoms with Crippen LogP contribution in [0.2, 0.25) is 0 Å². The van der Waals surface area contributed by atoms with Gasteiger partial charge in [0.2, 0.25) is 0 Å². The molecule has 18 heavy (non-hydrogen) atoms. The van der Waals surface area contributed by atoms with Gasteiger partial charge in [-0.2, -0.15) is 11.8 Å². The van der Waals surface area contributed by atoms with E-state index in [1.165, 1.54) is 5.56 Å². The third kappa shape index (κ3) is 6.05. The standard InChI is InChI=1S/C14H21NO2S/c1-11(12-6-5-8-15-10-12)18-9-7-13(16)17-14(2,3)4/h5-6,8,10-11H,7,9H2,1-4H3/t11-/m1/s1. The van der Waals surface area contributed by atoms with E-state index in [0.717, 1.165) is 5.75 Å². The van der Waals surface area contributed by atoms with Crippen molar-refractivity contribution in [1.82, 2.24) is 4.98 Å². The van der Waals surface area contributed by atoms with Crippen LogP contribution in [-0.2, 0) is 9.53 Å². The van der Waals surface area contributed by atoms with Crippen molar-refractivity contribution >= 4 is 17.7 Å².